The largest absolute Gasteiger partial charge is 0.465 e. The summed E-state index contributed by atoms with van der Waals surface area (Å²) in [4.78, 5) is 22.3. The molecule has 1 aromatic rings. The molecule has 0 atom stereocenters. The minimum Gasteiger partial charge on any atom is -0.465 e. The first-order valence-electron chi connectivity index (χ1n) is 5.06. The minimum absolute atomic E-state index is 0.230. The molecule has 0 bridgehead atoms. The van der Waals surface area contributed by atoms with Crippen LogP contribution in [0.2, 0.25) is 0 Å². The first-order valence-corrected chi connectivity index (χ1v) is 5.06. The summed E-state index contributed by atoms with van der Waals surface area (Å²) in [5.41, 5.74) is 0.671. The van der Waals surface area contributed by atoms with Crippen molar-refractivity contribution >= 4 is 17.7 Å². The first-order chi connectivity index (χ1) is 7.66. The predicted octanol–water partition coefficient (Wildman–Crippen LogP) is 1.67. The molecule has 1 saturated carbocycles. The molecular weight excluding hydrogens is 208 g/mol. The smallest absolute Gasteiger partial charge is 0.409 e. The van der Waals surface area contributed by atoms with Crippen LogP contribution in [0, 0.1) is 0 Å². The first kappa shape index (κ1) is 10.5. The summed E-state index contributed by atoms with van der Waals surface area (Å²) >= 11 is 0. The van der Waals surface area contributed by atoms with Crippen LogP contribution in [0.15, 0.2) is 24.3 Å². The maximum Gasteiger partial charge on any atom is 0.409 e. The third-order valence-corrected chi connectivity index (χ3v) is 2.33. The normalized spacial score (nSPS) is 14.2. The van der Waals surface area contributed by atoms with E-state index in [4.69, 9.17) is 5.11 Å². The Hall–Kier alpha value is -2.04. The van der Waals surface area contributed by atoms with Crippen LogP contribution < -0.4 is 10.6 Å². The van der Waals surface area contributed by atoms with Gasteiger partial charge in [0.05, 0.1) is 11.3 Å². The molecule has 0 aromatic heterocycles. The number of para-hydroxylation sites is 1. The number of rotatable bonds is 3. The summed E-state index contributed by atoms with van der Waals surface area (Å²) < 4.78 is 0. The fourth-order valence-corrected chi connectivity index (χ4v) is 1.40. The fraction of sp³-hybridized carbons (Fsp3) is 0.273. The molecule has 2 rings (SSSR count). The van der Waals surface area contributed by atoms with E-state index in [1.54, 1.807) is 24.3 Å². The SMILES string of the molecule is O=C(O)Nc1ccccc1C(=O)NC1CC1. The lowest BCUT2D eigenvalue weighted by atomic mass is 10.1. The Bertz CT molecular complexity index is 427. The zero-order chi connectivity index (χ0) is 11.5. The lowest BCUT2D eigenvalue weighted by molar-refractivity contribution is 0.0952. The van der Waals surface area contributed by atoms with Crippen molar-refractivity contribution in [1.82, 2.24) is 5.32 Å². The average Bonchev–Trinajstić information content (AvgIpc) is 3.01. The van der Waals surface area contributed by atoms with Crippen LogP contribution in [0.3, 0.4) is 0 Å². The Balaban J connectivity index is 2.16. The topological polar surface area (TPSA) is 78.4 Å². The molecule has 2 amide bonds. The summed E-state index contributed by atoms with van der Waals surface area (Å²) in [5, 5.41) is 13.6. The molecule has 0 unspecified atom stereocenters. The van der Waals surface area contributed by atoms with Gasteiger partial charge in [-0.3, -0.25) is 10.1 Å². The second-order valence-electron chi connectivity index (χ2n) is 3.72. The zero-order valence-corrected chi connectivity index (χ0v) is 8.56. The van der Waals surface area contributed by atoms with Crippen LogP contribution in [0.1, 0.15) is 23.2 Å². The summed E-state index contributed by atoms with van der Waals surface area (Å²) in [6, 6.07) is 6.80. The molecule has 0 aliphatic heterocycles. The Morgan fingerprint density at radius 2 is 1.94 bits per heavy atom. The number of amides is 2. The van der Waals surface area contributed by atoms with Crippen molar-refractivity contribution in [3.05, 3.63) is 29.8 Å². The fourth-order valence-electron chi connectivity index (χ4n) is 1.40. The van der Waals surface area contributed by atoms with Gasteiger partial charge < -0.3 is 10.4 Å². The van der Waals surface area contributed by atoms with Gasteiger partial charge in [0.15, 0.2) is 0 Å². The average molecular weight is 220 g/mol. The predicted molar refractivity (Wildman–Crippen MR) is 58.6 cm³/mol. The van der Waals surface area contributed by atoms with Gasteiger partial charge >= 0.3 is 6.09 Å². The summed E-state index contributed by atoms with van der Waals surface area (Å²) in [6.07, 6.45) is 0.826. The van der Waals surface area contributed by atoms with E-state index in [2.05, 4.69) is 10.6 Å². The van der Waals surface area contributed by atoms with Gasteiger partial charge in [-0.1, -0.05) is 12.1 Å². The van der Waals surface area contributed by atoms with Crippen LogP contribution in [0.4, 0.5) is 10.5 Å². The molecule has 84 valence electrons. The second kappa shape index (κ2) is 4.22. The third kappa shape index (κ3) is 2.50. The van der Waals surface area contributed by atoms with Crippen molar-refractivity contribution in [2.24, 2.45) is 0 Å². The molecule has 5 heteroatoms. The molecule has 1 aliphatic rings. The Morgan fingerprint density at radius 3 is 2.56 bits per heavy atom. The van der Waals surface area contributed by atoms with E-state index in [1.807, 2.05) is 0 Å². The highest BCUT2D eigenvalue weighted by atomic mass is 16.4. The van der Waals surface area contributed by atoms with E-state index in [0.717, 1.165) is 12.8 Å². The number of nitrogens with one attached hydrogen (secondary N) is 2. The summed E-state index contributed by atoms with van der Waals surface area (Å²) in [7, 11) is 0. The molecule has 0 heterocycles. The van der Waals surface area contributed by atoms with Crippen molar-refractivity contribution < 1.29 is 14.7 Å². The zero-order valence-electron chi connectivity index (χ0n) is 8.56. The maximum atomic E-state index is 11.8. The van der Waals surface area contributed by atoms with Gasteiger partial charge in [-0.2, -0.15) is 0 Å². The van der Waals surface area contributed by atoms with Crippen LogP contribution in [0.25, 0.3) is 0 Å². The molecule has 0 radical (unpaired) electrons. The van der Waals surface area contributed by atoms with Gasteiger partial charge in [0, 0.05) is 6.04 Å². The molecule has 1 fully saturated rings. The molecular formula is C11H12N2O3. The van der Waals surface area contributed by atoms with Gasteiger partial charge in [0.2, 0.25) is 0 Å². The van der Waals surface area contributed by atoms with Gasteiger partial charge in [-0.25, -0.2) is 4.79 Å². The molecule has 1 aliphatic carbocycles. The second-order valence-corrected chi connectivity index (χ2v) is 3.72. The molecule has 0 saturated heterocycles. The van der Waals surface area contributed by atoms with E-state index in [1.165, 1.54) is 0 Å². The van der Waals surface area contributed by atoms with Gasteiger partial charge in [-0.05, 0) is 25.0 Å². The van der Waals surface area contributed by atoms with Gasteiger partial charge in [-0.15, -0.1) is 0 Å². The maximum absolute atomic E-state index is 11.8. The number of carbonyl (C=O) groups is 2. The van der Waals surface area contributed by atoms with Crippen LogP contribution in [-0.2, 0) is 0 Å². The number of benzene rings is 1. The van der Waals surface area contributed by atoms with Gasteiger partial charge in [0.25, 0.3) is 5.91 Å². The molecule has 16 heavy (non-hydrogen) atoms. The van der Waals surface area contributed by atoms with Crippen molar-refractivity contribution in [3.63, 3.8) is 0 Å². The Kier molecular flexibility index (Phi) is 2.76. The van der Waals surface area contributed by atoms with E-state index < -0.39 is 6.09 Å². The van der Waals surface area contributed by atoms with E-state index in [9.17, 15) is 9.59 Å². The standard InChI is InChI=1S/C11H12N2O3/c14-10(12-7-5-6-7)8-3-1-2-4-9(8)13-11(15)16/h1-4,7,13H,5-6H2,(H,12,14)(H,15,16). The van der Waals surface area contributed by atoms with Crippen LogP contribution >= 0.6 is 0 Å². The summed E-state index contributed by atoms with van der Waals surface area (Å²) in [5.74, 6) is -0.230. The molecule has 5 nitrogen and oxygen atoms in total. The monoisotopic (exact) mass is 220 g/mol. The van der Waals surface area contributed by atoms with Crippen molar-refractivity contribution in [3.8, 4) is 0 Å². The Morgan fingerprint density at radius 1 is 1.25 bits per heavy atom. The Labute approximate surface area is 92.5 Å². The number of hydrogen-bond donors (Lipinski definition) is 3. The van der Waals surface area contributed by atoms with E-state index in [-0.39, 0.29) is 11.9 Å². The lowest BCUT2D eigenvalue weighted by Gasteiger charge is -2.08. The minimum atomic E-state index is -1.17. The lowest BCUT2D eigenvalue weighted by Crippen LogP contribution is -2.26. The molecule has 3 N–H and O–H groups in total. The van der Waals surface area contributed by atoms with Gasteiger partial charge in [0.1, 0.15) is 0 Å². The number of carboxylic acid groups (broad SMARTS) is 1. The highest BCUT2D eigenvalue weighted by molar-refractivity contribution is 6.02. The highest BCUT2D eigenvalue weighted by Crippen LogP contribution is 2.21. The van der Waals surface area contributed by atoms with Crippen molar-refractivity contribution in [2.75, 3.05) is 5.32 Å². The van der Waals surface area contributed by atoms with Crippen LogP contribution in [-0.4, -0.2) is 23.1 Å². The van der Waals surface area contributed by atoms with Crippen molar-refractivity contribution in [2.45, 2.75) is 18.9 Å². The molecule has 1 aromatic carbocycles. The van der Waals surface area contributed by atoms with Crippen LogP contribution in [0.5, 0.6) is 0 Å². The number of anilines is 1. The highest BCUT2D eigenvalue weighted by Gasteiger charge is 2.24. The number of hydrogen-bond acceptors (Lipinski definition) is 2. The quantitative estimate of drug-likeness (QED) is 0.725. The summed E-state index contributed by atoms with van der Waals surface area (Å²) in [6.45, 7) is 0. The third-order valence-electron chi connectivity index (χ3n) is 2.33. The van der Waals surface area contributed by atoms with E-state index >= 15 is 0 Å². The van der Waals surface area contributed by atoms with E-state index in [0.29, 0.717) is 11.3 Å². The number of carbonyl (C=O) groups excluding carboxylic acids is 1. The molecule has 0 spiro atoms. The van der Waals surface area contributed by atoms with Crippen molar-refractivity contribution in [1.29, 1.82) is 0 Å².